The minimum absolute atomic E-state index is 0.0584. The molecule has 0 unspecified atom stereocenters. The Balaban J connectivity index is 1.59. The molecule has 1 saturated heterocycles. The van der Waals surface area contributed by atoms with Crippen molar-refractivity contribution in [3.63, 3.8) is 0 Å². The van der Waals surface area contributed by atoms with Crippen molar-refractivity contribution in [1.29, 1.82) is 0 Å². The first-order valence-electron chi connectivity index (χ1n) is 8.60. The molecule has 1 aromatic carbocycles. The van der Waals surface area contributed by atoms with Crippen LogP contribution in [0.3, 0.4) is 0 Å². The number of amides is 1. The van der Waals surface area contributed by atoms with Crippen molar-refractivity contribution >= 4 is 22.4 Å². The standard InChI is InChI=1S/C18H24N4O2S/c1-13(2)12-24-16-6-4-5-15(11-16)17(23)21-7-9-22(10-8-21)18-20-19-14(3)25-18/h4-6,11,13H,7-10,12H2,1-3H3. The summed E-state index contributed by atoms with van der Waals surface area (Å²) in [5.41, 5.74) is 0.682. The predicted octanol–water partition coefficient (Wildman–Crippen LogP) is 2.84. The molecule has 2 aromatic rings. The number of anilines is 1. The second kappa shape index (κ2) is 7.82. The van der Waals surface area contributed by atoms with E-state index in [1.807, 2.05) is 36.1 Å². The number of hydrogen-bond donors (Lipinski definition) is 0. The van der Waals surface area contributed by atoms with Gasteiger partial charge in [-0.3, -0.25) is 4.79 Å². The highest BCUT2D eigenvalue weighted by Gasteiger charge is 2.24. The Labute approximate surface area is 152 Å². The number of carbonyl (C=O) groups is 1. The maximum atomic E-state index is 12.8. The van der Waals surface area contributed by atoms with Gasteiger partial charge in [0, 0.05) is 31.7 Å². The summed E-state index contributed by atoms with van der Waals surface area (Å²) in [6, 6.07) is 7.47. The van der Waals surface area contributed by atoms with E-state index in [1.54, 1.807) is 11.3 Å². The summed E-state index contributed by atoms with van der Waals surface area (Å²) < 4.78 is 5.73. The van der Waals surface area contributed by atoms with Crippen LogP contribution >= 0.6 is 11.3 Å². The van der Waals surface area contributed by atoms with Gasteiger partial charge in [0.05, 0.1) is 6.61 Å². The van der Waals surface area contributed by atoms with E-state index in [4.69, 9.17) is 4.74 Å². The molecule has 0 aliphatic carbocycles. The number of aryl methyl sites for hydroxylation is 1. The van der Waals surface area contributed by atoms with E-state index in [-0.39, 0.29) is 5.91 Å². The molecule has 0 spiro atoms. The summed E-state index contributed by atoms with van der Waals surface area (Å²) in [4.78, 5) is 16.8. The van der Waals surface area contributed by atoms with Gasteiger partial charge in [-0.2, -0.15) is 0 Å². The zero-order valence-corrected chi connectivity index (χ0v) is 15.8. The second-order valence-corrected chi connectivity index (χ2v) is 7.78. The van der Waals surface area contributed by atoms with E-state index in [1.165, 1.54) is 0 Å². The number of carbonyl (C=O) groups excluding carboxylic acids is 1. The zero-order chi connectivity index (χ0) is 17.8. The van der Waals surface area contributed by atoms with Crippen molar-refractivity contribution in [1.82, 2.24) is 15.1 Å². The van der Waals surface area contributed by atoms with E-state index in [0.29, 0.717) is 31.2 Å². The molecule has 7 heteroatoms. The highest BCUT2D eigenvalue weighted by atomic mass is 32.1. The zero-order valence-electron chi connectivity index (χ0n) is 14.9. The van der Waals surface area contributed by atoms with Crippen molar-refractivity contribution < 1.29 is 9.53 Å². The number of nitrogens with zero attached hydrogens (tertiary/aromatic N) is 4. The predicted molar refractivity (Wildman–Crippen MR) is 99.5 cm³/mol. The fourth-order valence-corrected chi connectivity index (χ4v) is 3.42. The van der Waals surface area contributed by atoms with Crippen LogP contribution < -0.4 is 9.64 Å². The van der Waals surface area contributed by atoms with Crippen LogP contribution in [0, 0.1) is 12.8 Å². The van der Waals surface area contributed by atoms with Crippen LogP contribution in [0.15, 0.2) is 24.3 Å². The summed E-state index contributed by atoms with van der Waals surface area (Å²) in [6.45, 7) is 9.76. The molecule has 0 atom stereocenters. The summed E-state index contributed by atoms with van der Waals surface area (Å²) >= 11 is 1.59. The molecule has 25 heavy (non-hydrogen) atoms. The molecular formula is C18H24N4O2S. The minimum atomic E-state index is 0.0584. The van der Waals surface area contributed by atoms with Crippen LogP contribution in [-0.2, 0) is 0 Å². The molecular weight excluding hydrogens is 336 g/mol. The van der Waals surface area contributed by atoms with Gasteiger partial charge in [0.2, 0.25) is 5.13 Å². The summed E-state index contributed by atoms with van der Waals surface area (Å²) in [5.74, 6) is 1.27. The van der Waals surface area contributed by atoms with Gasteiger partial charge in [0.1, 0.15) is 10.8 Å². The van der Waals surface area contributed by atoms with Crippen molar-refractivity contribution in [3.05, 3.63) is 34.8 Å². The maximum absolute atomic E-state index is 12.8. The fourth-order valence-electron chi connectivity index (χ4n) is 2.68. The Bertz CT molecular complexity index is 723. The average Bonchev–Trinajstić information content (AvgIpc) is 3.06. The van der Waals surface area contributed by atoms with Crippen molar-refractivity contribution in [2.45, 2.75) is 20.8 Å². The van der Waals surface area contributed by atoms with E-state index in [2.05, 4.69) is 28.9 Å². The Morgan fingerprint density at radius 2 is 2.00 bits per heavy atom. The van der Waals surface area contributed by atoms with Crippen LogP contribution in [0.5, 0.6) is 5.75 Å². The molecule has 1 aromatic heterocycles. The average molecular weight is 360 g/mol. The highest BCUT2D eigenvalue weighted by Crippen LogP contribution is 2.22. The normalized spacial score (nSPS) is 14.9. The molecule has 0 radical (unpaired) electrons. The molecule has 3 rings (SSSR count). The lowest BCUT2D eigenvalue weighted by molar-refractivity contribution is 0.0746. The first-order chi connectivity index (χ1) is 12.0. The largest absolute Gasteiger partial charge is 0.493 e. The lowest BCUT2D eigenvalue weighted by Crippen LogP contribution is -2.48. The van der Waals surface area contributed by atoms with E-state index in [9.17, 15) is 4.79 Å². The lowest BCUT2D eigenvalue weighted by atomic mass is 10.1. The van der Waals surface area contributed by atoms with Crippen LogP contribution in [0.1, 0.15) is 29.2 Å². The molecule has 0 bridgehead atoms. The molecule has 0 N–H and O–H groups in total. The molecule has 134 valence electrons. The lowest BCUT2D eigenvalue weighted by Gasteiger charge is -2.34. The number of rotatable bonds is 5. The number of piperazine rings is 1. The number of hydrogen-bond acceptors (Lipinski definition) is 6. The first-order valence-corrected chi connectivity index (χ1v) is 9.42. The van der Waals surface area contributed by atoms with Crippen LogP contribution in [0.4, 0.5) is 5.13 Å². The molecule has 2 heterocycles. The minimum Gasteiger partial charge on any atom is -0.493 e. The maximum Gasteiger partial charge on any atom is 0.254 e. The molecule has 6 nitrogen and oxygen atoms in total. The summed E-state index contributed by atoms with van der Waals surface area (Å²) in [6.07, 6.45) is 0. The molecule has 1 aliphatic rings. The number of aromatic nitrogens is 2. The van der Waals surface area contributed by atoms with Crippen molar-refractivity contribution in [2.24, 2.45) is 5.92 Å². The van der Waals surface area contributed by atoms with Crippen LogP contribution in [-0.4, -0.2) is 53.8 Å². The fraction of sp³-hybridized carbons (Fsp3) is 0.500. The topological polar surface area (TPSA) is 58.6 Å². The van der Waals surface area contributed by atoms with Gasteiger partial charge in [-0.05, 0) is 31.0 Å². The quantitative estimate of drug-likeness (QED) is 0.821. The second-order valence-electron chi connectivity index (χ2n) is 6.62. The highest BCUT2D eigenvalue weighted by molar-refractivity contribution is 7.15. The Hall–Kier alpha value is -2.15. The van der Waals surface area contributed by atoms with Gasteiger partial charge >= 0.3 is 0 Å². The Morgan fingerprint density at radius 3 is 2.64 bits per heavy atom. The van der Waals surface area contributed by atoms with Gasteiger partial charge in [-0.25, -0.2) is 0 Å². The molecule has 1 amide bonds. The van der Waals surface area contributed by atoms with Crippen molar-refractivity contribution in [3.8, 4) is 5.75 Å². The Morgan fingerprint density at radius 1 is 1.24 bits per heavy atom. The summed E-state index contributed by atoms with van der Waals surface area (Å²) in [7, 11) is 0. The van der Waals surface area contributed by atoms with Crippen molar-refractivity contribution in [2.75, 3.05) is 37.7 Å². The third-order valence-corrected chi connectivity index (χ3v) is 4.92. The molecule has 0 saturated carbocycles. The summed E-state index contributed by atoms with van der Waals surface area (Å²) in [5, 5.41) is 10.2. The molecule has 1 aliphatic heterocycles. The van der Waals surface area contributed by atoms with Gasteiger partial charge < -0.3 is 14.5 Å². The van der Waals surface area contributed by atoms with E-state index < -0.39 is 0 Å². The van der Waals surface area contributed by atoms with Crippen LogP contribution in [0.2, 0.25) is 0 Å². The van der Waals surface area contributed by atoms with Gasteiger partial charge in [-0.1, -0.05) is 31.3 Å². The first kappa shape index (κ1) is 17.7. The number of benzene rings is 1. The smallest absolute Gasteiger partial charge is 0.254 e. The van der Waals surface area contributed by atoms with Gasteiger partial charge in [-0.15, -0.1) is 10.2 Å². The number of ether oxygens (including phenoxy) is 1. The SMILES string of the molecule is Cc1nnc(N2CCN(C(=O)c3cccc(OCC(C)C)c3)CC2)s1. The monoisotopic (exact) mass is 360 g/mol. The van der Waals surface area contributed by atoms with E-state index in [0.717, 1.165) is 29.0 Å². The van der Waals surface area contributed by atoms with E-state index >= 15 is 0 Å². The molecule has 1 fully saturated rings. The van der Waals surface area contributed by atoms with Crippen LogP contribution in [0.25, 0.3) is 0 Å². The third kappa shape index (κ3) is 4.48. The Kier molecular flexibility index (Phi) is 5.53. The van der Waals surface area contributed by atoms with Gasteiger partial charge in [0.15, 0.2) is 0 Å². The third-order valence-electron chi connectivity index (χ3n) is 4.02. The van der Waals surface area contributed by atoms with Gasteiger partial charge in [0.25, 0.3) is 5.91 Å².